The van der Waals surface area contributed by atoms with Gasteiger partial charge in [-0.15, -0.1) is 0 Å². The van der Waals surface area contributed by atoms with Crippen molar-refractivity contribution in [2.24, 2.45) is 5.92 Å². The maximum atomic E-state index is 13.8. The van der Waals surface area contributed by atoms with Crippen molar-refractivity contribution in [1.29, 1.82) is 0 Å². The van der Waals surface area contributed by atoms with Crippen LogP contribution in [0.25, 0.3) is 0 Å². The van der Waals surface area contributed by atoms with E-state index in [4.69, 9.17) is 16.3 Å². The zero-order chi connectivity index (χ0) is 20.3. The third-order valence-corrected chi connectivity index (χ3v) is 4.96. The van der Waals surface area contributed by atoms with Gasteiger partial charge < -0.3 is 9.64 Å². The van der Waals surface area contributed by atoms with E-state index in [1.54, 1.807) is 0 Å². The predicted octanol–water partition coefficient (Wildman–Crippen LogP) is 4.26. The first-order valence-corrected chi connectivity index (χ1v) is 9.08. The quantitative estimate of drug-likeness (QED) is 0.691. The molecule has 1 amide bonds. The zero-order valence-electron chi connectivity index (χ0n) is 14.8. The summed E-state index contributed by atoms with van der Waals surface area (Å²) in [4.78, 5) is 26.2. The molecule has 8 heteroatoms. The van der Waals surface area contributed by atoms with Gasteiger partial charge in [0.2, 0.25) is 0 Å². The van der Waals surface area contributed by atoms with Crippen LogP contribution in [-0.2, 0) is 4.79 Å². The lowest BCUT2D eigenvalue weighted by atomic mass is 9.88. The van der Waals surface area contributed by atoms with E-state index < -0.39 is 29.2 Å². The molecule has 2 aromatic rings. The van der Waals surface area contributed by atoms with Gasteiger partial charge >= 0.3 is 0 Å². The van der Waals surface area contributed by atoms with Crippen molar-refractivity contribution in [3.8, 4) is 5.75 Å². The lowest BCUT2D eigenvalue weighted by Gasteiger charge is -2.31. The summed E-state index contributed by atoms with van der Waals surface area (Å²) in [6, 6.07) is 6.58. The molecule has 0 saturated carbocycles. The van der Waals surface area contributed by atoms with E-state index in [-0.39, 0.29) is 28.8 Å². The molecule has 1 aliphatic heterocycles. The Morgan fingerprint density at radius 2 is 1.71 bits per heavy atom. The largest absolute Gasteiger partial charge is 0.484 e. The van der Waals surface area contributed by atoms with E-state index >= 15 is 0 Å². The topological polar surface area (TPSA) is 46.6 Å². The van der Waals surface area contributed by atoms with Crippen molar-refractivity contribution >= 4 is 23.3 Å². The summed E-state index contributed by atoms with van der Waals surface area (Å²) >= 11 is 5.66. The van der Waals surface area contributed by atoms with Crippen molar-refractivity contribution in [3.05, 3.63) is 64.4 Å². The molecule has 148 valence electrons. The Labute approximate surface area is 164 Å². The molecule has 1 heterocycles. The number of halogens is 4. The summed E-state index contributed by atoms with van der Waals surface area (Å²) in [5, 5.41) is -0.103. The van der Waals surface area contributed by atoms with Crippen LogP contribution in [0.2, 0.25) is 5.02 Å². The Kier molecular flexibility index (Phi) is 6.24. The number of carbonyl (C=O) groups excluding carboxylic acids is 2. The number of amides is 1. The fourth-order valence-electron chi connectivity index (χ4n) is 3.10. The van der Waals surface area contributed by atoms with Gasteiger partial charge in [-0.25, -0.2) is 13.2 Å². The number of nitrogens with zero attached hydrogens (tertiary/aromatic N) is 1. The maximum absolute atomic E-state index is 13.8. The molecule has 4 nitrogen and oxygen atoms in total. The van der Waals surface area contributed by atoms with E-state index in [0.29, 0.717) is 25.9 Å². The molecule has 0 spiro atoms. The van der Waals surface area contributed by atoms with Gasteiger partial charge in [0.15, 0.2) is 12.4 Å². The summed E-state index contributed by atoms with van der Waals surface area (Å²) < 4.78 is 45.5. The predicted molar refractivity (Wildman–Crippen MR) is 96.9 cm³/mol. The summed E-state index contributed by atoms with van der Waals surface area (Å²) in [5.74, 6) is -2.96. The molecular formula is C20H17ClF3NO3. The van der Waals surface area contributed by atoms with Crippen LogP contribution >= 0.6 is 11.6 Å². The van der Waals surface area contributed by atoms with Crippen LogP contribution < -0.4 is 4.74 Å². The minimum atomic E-state index is -0.753. The van der Waals surface area contributed by atoms with E-state index in [1.165, 1.54) is 17.0 Å². The highest BCUT2D eigenvalue weighted by Crippen LogP contribution is 2.24. The van der Waals surface area contributed by atoms with Gasteiger partial charge in [-0.2, -0.15) is 0 Å². The smallest absolute Gasteiger partial charge is 0.260 e. The Hall–Kier alpha value is -2.54. The molecule has 0 radical (unpaired) electrons. The van der Waals surface area contributed by atoms with Crippen LogP contribution in [0.3, 0.4) is 0 Å². The SMILES string of the molecule is O=C(c1cc(F)ccc1F)C1CCN(C(=O)COc2ccc(F)c(Cl)c2)CC1. The second kappa shape index (κ2) is 8.65. The number of carbonyl (C=O) groups is 2. The fourth-order valence-corrected chi connectivity index (χ4v) is 3.27. The molecule has 0 N–H and O–H groups in total. The molecule has 1 aliphatic rings. The molecule has 0 unspecified atom stereocenters. The minimum Gasteiger partial charge on any atom is -0.484 e. The number of Topliss-reactive ketones (excluding diaryl/α,β-unsaturated/α-hetero) is 1. The van der Waals surface area contributed by atoms with Gasteiger partial charge in [0, 0.05) is 25.1 Å². The number of ketones is 1. The monoisotopic (exact) mass is 411 g/mol. The van der Waals surface area contributed by atoms with E-state index in [2.05, 4.69) is 0 Å². The van der Waals surface area contributed by atoms with Gasteiger partial charge in [-0.3, -0.25) is 9.59 Å². The first-order chi connectivity index (χ1) is 13.3. The van der Waals surface area contributed by atoms with Crippen molar-refractivity contribution in [3.63, 3.8) is 0 Å². The average Bonchev–Trinajstić information content (AvgIpc) is 2.70. The number of ether oxygens (including phenoxy) is 1. The zero-order valence-corrected chi connectivity index (χ0v) is 15.5. The van der Waals surface area contributed by atoms with Crippen LogP contribution in [0.5, 0.6) is 5.75 Å². The first kappa shape index (κ1) is 20.2. The number of likely N-dealkylation sites (tertiary alicyclic amines) is 1. The second-order valence-electron chi connectivity index (χ2n) is 6.51. The molecule has 0 bridgehead atoms. The van der Waals surface area contributed by atoms with Crippen LogP contribution in [0.4, 0.5) is 13.2 Å². The molecule has 28 heavy (non-hydrogen) atoms. The summed E-state index contributed by atoms with van der Waals surface area (Å²) in [5.41, 5.74) is -0.263. The van der Waals surface area contributed by atoms with E-state index in [9.17, 15) is 22.8 Å². The van der Waals surface area contributed by atoms with Crippen molar-refractivity contribution < 1.29 is 27.5 Å². The summed E-state index contributed by atoms with van der Waals surface area (Å²) in [7, 11) is 0. The average molecular weight is 412 g/mol. The van der Waals surface area contributed by atoms with Crippen LogP contribution in [0.1, 0.15) is 23.2 Å². The molecule has 1 saturated heterocycles. The molecule has 2 aromatic carbocycles. The third-order valence-electron chi connectivity index (χ3n) is 4.67. The minimum absolute atomic E-state index is 0.103. The Morgan fingerprint density at radius 1 is 1.04 bits per heavy atom. The number of hydrogen-bond donors (Lipinski definition) is 0. The summed E-state index contributed by atoms with van der Waals surface area (Å²) in [6.07, 6.45) is 0.700. The Bertz CT molecular complexity index is 898. The molecule has 0 atom stereocenters. The lowest BCUT2D eigenvalue weighted by Crippen LogP contribution is -2.42. The highest BCUT2D eigenvalue weighted by atomic mass is 35.5. The highest BCUT2D eigenvalue weighted by Gasteiger charge is 2.29. The fraction of sp³-hybridized carbons (Fsp3) is 0.300. The van der Waals surface area contributed by atoms with E-state index in [1.807, 2.05) is 0 Å². The number of hydrogen-bond acceptors (Lipinski definition) is 3. The van der Waals surface area contributed by atoms with Crippen molar-refractivity contribution in [1.82, 2.24) is 4.90 Å². The van der Waals surface area contributed by atoms with Gasteiger partial charge in [0.05, 0.1) is 10.6 Å². The second-order valence-corrected chi connectivity index (χ2v) is 6.92. The van der Waals surface area contributed by atoms with Crippen LogP contribution in [-0.4, -0.2) is 36.3 Å². The summed E-state index contributed by atoms with van der Waals surface area (Å²) in [6.45, 7) is 0.360. The van der Waals surface area contributed by atoms with Crippen LogP contribution in [0.15, 0.2) is 36.4 Å². The molecule has 3 rings (SSSR count). The first-order valence-electron chi connectivity index (χ1n) is 8.70. The molecule has 0 aromatic heterocycles. The number of rotatable bonds is 5. The van der Waals surface area contributed by atoms with Gasteiger partial charge in [0.1, 0.15) is 23.2 Å². The van der Waals surface area contributed by atoms with Crippen LogP contribution in [0, 0.1) is 23.4 Å². The maximum Gasteiger partial charge on any atom is 0.260 e. The molecular weight excluding hydrogens is 395 g/mol. The van der Waals surface area contributed by atoms with E-state index in [0.717, 1.165) is 24.3 Å². The Balaban J connectivity index is 1.53. The molecule has 1 fully saturated rings. The number of benzene rings is 2. The number of piperidine rings is 1. The Morgan fingerprint density at radius 3 is 2.39 bits per heavy atom. The normalized spacial score (nSPS) is 14.8. The highest BCUT2D eigenvalue weighted by molar-refractivity contribution is 6.30. The van der Waals surface area contributed by atoms with Gasteiger partial charge in [-0.05, 0) is 43.2 Å². The van der Waals surface area contributed by atoms with Crippen molar-refractivity contribution in [2.45, 2.75) is 12.8 Å². The standard InChI is InChI=1S/C20H17ClF3NO3/c21-16-10-14(2-4-18(16)24)28-11-19(26)25-7-5-12(6-8-25)20(27)15-9-13(22)1-3-17(15)23/h1-4,9-10,12H,5-8,11H2. The third kappa shape index (κ3) is 4.65. The lowest BCUT2D eigenvalue weighted by molar-refractivity contribution is -0.134. The van der Waals surface area contributed by atoms with Crippen molar-refractivity contribution in [2.75, 3.05) is 19.7 Å². The van der Waals surface area contributed by atoms with Gasteiger partial charge in [0.25, 0.3) is 5.91 Å². The van der Waals surface area contributed by atoms with Gasteiger partial charge in [-0.1, -0.05) is 11.6 Å². The molecule has 0 aliphatic carbocycles.